The van der Waals surface area contributed by atoms with Crippen LogP contribution in [0.1, 0.15) is 45.2 Å². The quantitative estimate of drug-likeness (QED) is 0.827. The maximum absolute atomic E-state index is 12.4. The SMILES string of the molecule is CCC(Cc1ccccc1C)NC(=O)c1ccc(C(=O)OC)cc1. The standard InChI is InChI=1S/C20H23NO3/c1-4-18(13-17-8-6-5-7-14(17)2)21-19(22)15-9-11-16(12-10-15)20(23)24-3/h5-12,18H,4,13H2,1-3H3,(H,21,22). The fourth-order valence-corrected chi connectivity index (χ4v) is 2.55. The average Bonchev–Trinajstić information content (AvgIpc) is 2.62. The van der Waals surface area contributed by atoms with Crippen molar-refractivity contribution in [2.75, 3.05) is 7.11 Å². The lowest BCUT2D eigenvalue weighted by Gasteiger charge is -2.18. The van der Waals surface area contributed by atoms with Gasteiger partial charge in [0.15, 0.2) is 0 Å². The Bertz CT molecular complexity index is 707. The number of hydrogen-bond donors (Lipinski definition) is 1. The van der Waals surface area contributed by atoms with Crippen LogP contribution in [0.3, 0.4) is 0 Å². The molecule has 1 N–H and O–H groups in total. The van der Waals surface area contributed by atoms with Crippen LogP contribution in [-0.2, 0) is 11.2 Å². The van der Waals surface area contributed by atoms with Crippen LogP contribution >= 0.6 is 0 Å². The molecular weight excluding hydrogens is 302 g/mol. The third-order valence-electron chi connectivity index (χ3n) is 4.12. The lowest BCUT2D eigenvalue weighted by atomic mass is 9.99. The zero-order valence-electron chi connectivity index (χ0n) is 14.3. The highest BCUT2D eigenvalue weighted by molar-refractivity contribution is 5.96. The number of ether oxygens (including phenoxy) is 1. The molecule has 0 fully saturated rings. The fraction of sp³-hybridized carbons (Fsp3) is 0.300. The normalized spacial score (nSPS) is 11.6. The van der Waals surface area contributed by atoms with E-state index in [-0.39, 0.29) is 11.9 Å². The van der Waals surface area contributed by atoms with Gasteiger partial charge in [-0.3, -0.25) is 4.79 Å². The zero-order valence-corrected chi connectivity index (χ0v) is 14.3. The lowest BCUT2D eigenvalue weighted by molar-refractivity contribution is 0.0600. The van der Waals surface area contributed by atoms with Crippen molar-refractivity contribution in [1.82, 2.24) is 5.32 Å². The molecule has 0 saturated carbocycles. The van der Waals surface area contributed by atoms with E-state index >= 15 is 0 Å². The smallest absolute Gasteiger partial charge is 0.337 e. The number of aryl methyl sites for hydroxylation is 1. The first-order valence-corrected chi connectivity index (χ1v) is 8.09. The van der Waals surface area contributed by atoms with Gasteiger partial charge in [0.25, 0.3) is 5.91 Å². The van der Waals surface area contributed by atoms with E-state index in [1.165, 1.54) is 18.2 Å². The van der Waals surface area contributed by atoms with Crippen molar-refractivity contribution >= 4 is 11.9 Å². The average molecular weight is 325 g/mol. The second-order valence-corrected chi connectivity index (χ2v) is 5.78. The van der Waals surface area contributed by atoms with Crippen LogP contribution in [0.4, 0.5) is 0 Å². The van der Waals surface area contributed by atoms with Gasteiger partial charge < -0.3 is 10.1 Å². The van der Waals surface area contributed by atoms with Crippen LogP contribution < -0.4 is 5.32 Å². The van der Waals surface area contributed by atoms with E-state index in [4.69, 9.17) is 0 Å². The molecule has 4 nitrogen and oxygen atoms in total. The van der Waals surface area contributed by atoms with Gasteiger partial charge in [-0.1, -0.05) is 31.2 Å². The largest absolute Gasteiger partial charge is 0.465 e. The van der Waals surface area contributed by atoms with Crippen molar-refractivity contribution in [3.05, 3.63) is 70.8 Å². The van der Waals surface area contributed by atoms with Crippen molar-refractivity contribution in [2.24, 2.45) is 0 Å². The lowest BCUT2D eigenvalue weighted by Crippen LogP contribution is -2.36. The van der Waals surface area contributed by atoms with E-state index in [0.29, 0.717) is 11.1 Å². The molecule has 0 saturated heterocycles. The Balaban J connectivity index is 2.04. The van der Waals surface area contributed by atoms with Crippen molar-refractivity contribution < 1.29 is 14.3 Å². The van der Waals surface area contributed by atoms with Gasteiger partial charge in [-0.2, -0.15) is 0 Å². The van der Waals surface area contributed by atoms with Gasteiger partial charge in [0.2, 0.25) is 0 Å². The van der Waals surface area contributed by atoms with Crippen molar-refractivity contribution in [2.45, 2.75) is 32.7 Å². The molecule has 0 spiro atoms. The predicted molar refractivity (Wildman–Crippen MR) is 94.2 cm³/mol. The molecule has 126 valence electrons. The Morgan fingerprint density at radius 2 is 1.67 bits per heavy atom. The van der Waals surface area contributed by atoms with E-state index < -0.39 is 5.97 Å². The molecule has 0 radical (unpaired) electrons. The third kappa shape index (κ3) is 4.44. The summed E-state index contributed by atoms with van der Waals surface area (Å²) >= 11 is 0. The van der Waals surface area contributed by atoms with Gasteiger partial charge in [-0.25, -0.2) is 4.79 Å². The number of carbonyl (C=O) groups is 2. The van der Waals surface area contributed by atoms with Crippen molar-refractivity contribution in [3.8, 4) is 0 Å². The summed E-state index contributed by atoms with van der Waals surface area (Å²) in [5.41, 5.74) is 3.44. The Labute approximate surface area is 142 Å². The van der Waals surface area contributed by atoms with Crippen LogP contribution in [0, 0.1) is 6.92 Å². The molecule has 1 atom stereocenters. The van der Waals surface area contributed by atoms with Crippen LogP contribution in [0.2, 0.25) is 0 Å². The fourth-order valence-electron chi connectivity index (χ4n) is 2.55. The Morgan fingerprint density at radius 1 is 1.04 bits per heavy atom. The summed E-state index contributed by atoms with van der Waals surface area (Å²) in [6, 6.07) is 14.8. The Hall–Kier alpha value is -2.62. The van der Waals surface area contributed by atoms with Crippen molar-refractivity contribution in [1.29, 1.82) is 0 Å². The van der Waals surface area contributed by atoms with E-state index in [1.54, 1.807) is 24.3 Å². The zero-order chi connectivity index (χ0) is 17.5. The summed E-state index contributed by atoms with van der Waals surface area (Å²) in [6.45, 7) is 4.14. The van der Waals surface area contributed by atoms with Crippen LogP contribution in [0.5, 0.6) is 0 Å². The molecule has 0 aromatic heterocycles. The molecular formula is C20H23NO3. The van der Waals surface area contributed by atoms with E-state index in [1.807, 2.05) is 12.1 Å². The van der Waals surface area contributed by atoms with Gasteiger partial charge >= 0.3 is 5.97 Å². The Morgan fingerprint density at radius 3 is 2.25 bits per heavy atom. The molecule has 4 heteroatoms. The molecule has 0 aliphatic rings. The summed E-state index contributed by atoms with van der Waals surface area (Å²) in [5.74, 6) is -0.542. The second kappa shape index (κ2) is 8.29. The highest BCUT2D eigenvalue weighted by Gasteiger charge is 2.14. The van der Waals surface area contributed by atoms with Crippen LogP contribution in [0.15, 0.2) is 48.5 Å². The highest BCUT2D eigenvalue weighted by Crippen LogP contribution is 2.12. The summed E-state index contributed by atoms with van der Waals surface area (Å²) in [7, 11) is 1.33. The number of rotatable bonds is 6. The first kappa shape index (κ1) is 17.7. The molecule has 2 aromatic rings. The minimum atomic E-state index is -0.409. The molecule has 0 aliphatic carbocycles. The summed E-state index contributed by atoms with van der Waals surface area (Å²) < 4.78 is 4.66. The van der Waals surface area contributed by atoms with Gasteiger partial charge in [0.1, 0.15) is 0 Å². The van der Waals surface area contributed by atoms with Gasteiger partial charge in [0, 0.05) is 11.6 Å². The molecule has 24 heavy (non-hydrogen) atoms. The van der Waals surface area contributed by atoms with Gasteiger partial charge in [0.05, 0.1) is 12.7 Å². The Kier molecular flexibility index (Phi) is 6.13. The predicted octanol–water partition coefficient (Wildman–Crippen LogP) is 3.53. The summed E-state index contributed by atoms with van der Waals surface area (Å²) in [6.07, 6.45) is 1.65. The maximum Gasteiger partial charge on any atom is 0.337 e. The number of nitrogens with one attached hydrogen (secondary N) is 1. The van der Waals surface area contributed by atoms with Crippen LogP contribution in [-0.4, -0.2) is 25.0 Å². The van der Waals surface area contributed by atoms with Gasteiger partial charge in [-0.05, 0) is 55.2 Å². The highest BCUT2D eigenvalue weighted by atomic mass is 16.5. The third-order valence-corrected chi connectivity index (χ3v) is 4.12. The maximum atomic E-state index is 12.4. The summed E-state index contributed by atoms with van der Waals surface area (Å²) in [4.78, 5) is 23.8. The van der Waals surface area contributed by atoms with E-state index in [2.05, 4.69) is 36.0 Å². The molecule has 1 unspecified atom stereocenters. The first-order chi connectivity index (χ1) is 11.5. The summed E-state index contributed by atoms with van der Waals surface area (Å²) in [5, 5.41) is 3.07. The molecule has 0 heterocycles. The minimum Gasteiger partial charge on any atom is -0.465 e. The molecule has 2 rings (SSSR count). The molecule has 0 aliphatic heterocycles. The minimum absolute atomic E-state index is 0.0684. The monoisotopic (exact) mass is 325 g/mol. The number of esters is 1. The second-order valence-electron chi connectivity index (χ2n) is 5.78. The number of benzene rings is 2. The number of carbonyl (C=O) groups excluding carboxylic acids is 2. The molecule has 2 aromatic carbocycles. The number of hydrogen-bond acceptors (Lipinski definition) is 3. The molecule has 0 bridgehead atoms. The van der Waals surface area contributed by atoms with E-state index in [0.717, 1.165) is 12.8 Å². The number of amides is 1. The van der Waals surface area contributed by atoms with Gasteiger partial charge in [-0.15, -0.1) is 0 Å². The molecule has 1 amide bonds. The van der Waals surface area contributed by atoms with Crippen molar-refractivity contribution in [3.63, 3.8) is 0 Å². The topological polar surface area (TPSA) is 55.4 Å². The first-order valence-electron chi connectivity index (χ1n) is 8.09. The number of methoxy groups -OCH3 is 1. The van der Waals surface area contributed by atoms with Crippen LogP contribution in [0.25, 0.3) is 0 Å². The van der Waals surface area contributed by atoms with E-state index in [9.17, 15) is 9.59 Å².